The van der Waals surface area contributed by atoms with Gasteiger partial charge in [-0.15, -0.1) is 0 Å². The molecule has 1 atom stereocenters. The third-order valence-corrected chi connectivity index (χ3v) is 4.31. The Morgan fingerprint density at radius 1 is 1.20 bits per heavy atom. The highest BCUT2D eigenvalue weighted by Crippen LogP contribution is 2.10. The van der Waals surface area contributed by atoms with Gasteiger partial charge in [0.15, 0.2) is 0 Å². The molecule has 0 aromatic heterocycles. The van der Waals surface area contributed by atoms with Gasteiger partial charge in [-0.25, -0.2) is 13.6 Å². The molecule has 0 aliphatic rings. The molecular weight excluding hydrogens is 276 g/mol. The monoisotopic (exact) mass is 298 g/mol. The van der Waals surface area contributed by atoms with E-state index in [-0.39, 0.29) is 16.7 Å². The molecule has 1 aromatic carbocycles. The summed E-state index contributed by atoms with van der Waals surface area (Å²) in [5.41, 5.74) is 0.954. The van der Waals surface area contributed by atoms with Crippen LogP contribution >= 0.6 is 0 Å². The smallest absolute Gasteiger partial charge is 0.238 e. The van der Waals surface area contributed by atoms with Crippen LogP contribution in [-0.2, 0) is 21.2 Å². The summed E-state index contributed by atoms with van der Waals surface area (Å²) in [7, 11) is -3.64. The lowest BCUT2D eigenvalue weighted by molar-refractivity contribution is -0.125. The third-order valence-electron chi connectivity index (χ3n) is 3.38. The van der Waals surface area contributed by atoms with E-state index in [0.29, 0.717) is 18.9 Å². The molecule has 112 valence electrons. The van der Waals surface area contributed by atoms with E-state index in [1.54, 1.807) is 12.1 Å². The van der Waals surface area contributed by atoms with E-state index in [1.807, 2.05) is 20.8 Å². The first-order chi connectivity index (χ1) is 9.21. The number of hydrogen-bond donors (Lipinski definition) is 2. The summed E-state index contributed by atoms with van der Waals surface area (Å²) in [6, 6.07) is 6.36. The molecule has 3 N–H and O–H groups in total. The van der Waals surface area contributed by atoms with Crippen LogP contribution in [0.5, 0.6) is 0 Å². The Hall–Kier alpha value is -1.40. The number of sulfonamides is 1. The van der Waals surface area contributed by atoms with Crippen molar-refractivity contribution in [1.82, 2.24) is 5.32 Å². The van der Waals surface area contributed by atoms with E-state index >= 15 is 0 Å². The van der Waals surface area contributed by atoms with Gasteiger partial charge in [-0.3, -0.25) is 4.79 Å². The van der Waals surface area contributed by atoms with Gasteiger partial charge in [0.25, 0.3) is 0 Å². The Morgan fingerprint density at radius 2 is 1.75 bits per heavy atom. The fourth-order valence-corrected chi connectivity index (χ4v) is 2.16. The highest BCUT2D eigenvalue weighted by molar-refractivity contribution is 7.89. The highest BCUT2D eigenvalue weighted by atomic mass is 32.2. The minimum atomic E-state index is -3.64. The molecule has 1 aromatic rings. The van der Waals surface area contributed by atoms with Crippen molar-refractivity contribution in [3.63, 3.8) is 0 Å². The summed E-state index contributed by atoms with van der Waals surface area (Å²) < 4.78 is 22.2. The Kier molecular flexibility index (Phi) is 5.71. The fourth-order valence-electron chi connectivity index (χ4n) is 1.64. The van der Waals surface area contributed by atoms with Crippen LogP contribution in [0.15, 0.2) is 29.2 Å². The zero-order chi connectivity index (χ0) is 15.3. The van der Waals surface area contributed by atoms with Crippen molar-refractivity contribution in [2.45, 2.75) is 32.1 Å². The first-order valence-corrected chi connectivity index (χ1v) is 8.16. The minimum Gasteiger partial charge on any atom is -0.356 e. The second-order valence-corrected chi connectivity index (χ2v) is 6.82. The maximum atomic E-state index is 11.8. The topological polar surface area (TPSA) is 89.3 Å². The molecular formula is C14H22N2O3S. The van der Waals surface area contributed by atoms with Crippen LogP contribution in [0.2, 0.25) is 0 Å². The molecule has 1 rings (SSSR count). The van der Waals surface area contributed by atoms with Gasteiger partial charge in [-0.1, -0.05) is 32.9 Å². The number of nitrogens with two attached hydrogens (primary N) is 1. The number of benzene rings is 1. The van der Waals surface area contributed by atoms with Crippen LogP contribution in [0.3, 0.4) is 0 Å². The van der Waals surface area contributed by atoms with E-state index in [1.165, 1.54) is 12.1 Å². The predicted octanol–water partition coefficient (Wildman–Crippen LogP) is 1.28. The number of primary sulfonamides is 1. The van der Waals surface area contributed by atoms with Crippen molar-refractivity contribution >= 4 is 15.9 Å². The van der Waals surface area contributed by atoms with Crippen molar-refractivity contribution in [1.29, 1.82) is 0 Å². The third kappa shape index (κ3) is 4.94. The number of hydrogen-bond acceptors (Lipinski definition) is 3. The molecule has 0 saturated heterocycles. The molecule has 20 heavy (non-hydrogen) atoms. The fraction of sp³-hybridized carbons (Fsp3) is 0.500. The molecule has 1 amide bonds. The lowest BCUT2D eigenvalue weighted by Gasteiger charge is -2.15. The standard InChI is InChI=1S/C14H22N2O3S/c1-10(2)11(3)14(17)16-9-8-12-4-6-13(7-5-12)20(15,18)19/h4-7,10-11H,8-9H2,1-3H3,(H,16,17)(H2,15,18,19). The van der Waals surface area contributed by atoms with Crippen LogP contribution < -0.4 is 10.5 Å². The summed E-state index contributed by atoms with van der Waals surface area (Å²) >= 11 is 0. The number of carbonyl (C=O) groups is 1. The molecule has 0 fully saturated rings. The zero-order valence-corrected chi connectivity index (χ0v) is 12.9. The summed E-state index contributed by atoms with van der Waals surface area (Å²) in [5.74, 6) is 0.338. The largest absolute Gasteiger partial charge is 0.356 e. The molecule has 0 aliphatic carbocycles. The van der Waals surface area contributed by atoms with Gasteiger partial charge in [-0.05, 0) is 30.0 Å². The van der Waals surface area contributed by atoms with E-state index in [0.717, 1.165) is 5.56 Å². The van der Waals surface area contributed by atoms with Crippen LogP contribution in [-0.4, -0.2) is 20.9 Å². The number of rotatable bonds is 6. The van der Waals surface area contributed by atoms with Crippen LogP contribution in [0.4, 0.5) is 0 Å². The van der Waals surface area contributed by atoms with Crippen LogP contribution in [0.1, 0.15) is 26.3 Å². The van der Waals surface area contributed by atoms with Crippen molar-refractivity contribution in [2.24, 2.45) is 17.0 Å². The first-order valence-electron chi connectivity index (χ1n) is 6.61. The summed E-state index contributed by atoms with van der Waals surface area (Å²) in [5, 5.41) is 7.90. The normalized spacial score (nSPS) is 13.2. The van der Waals surface area contributed by atoms with Crippen molar-refractivity contribution < 1.29 is 13.2 Å². The molecule has 0 aliphatic heterocycles. The predicted molar refractivity (Wildman–Crippen MR) is 78.5 cm³/mol. The molecule has 0 heterocycles. The van der Waals surface area contributed by atoms with E-state index in [9.17, 15) is 13.2 Å². The Morgan fingerprint density at radius 3 is 2.20 bits per heavy atom. The van der Waals surface area contributed by atoms with Gasteiger partial charge in [-0.2, -0.15) is 0 Å². The van der Waals surface area contributed by atoms with Gasteiger partial charge in [0.05, 0.1) is 4.90 Å². The number of carbonyl (C=O) groups excluding carboxylic acids is 1. The SMILES string of the molecule is CC(C)C(C)C(=O)NCCc1ccc(S(N)(=O)=O)cc1. The molecule has 0 bridgehead atoms. The Balaban J connectivity index is 2.49. The molecule has 0 spiro atoms. The van der Waals surface area contributed by atoms with Gasteiger partial charge >= 0.3 is 0 Å². The van der Waals surface area contributed by atoms with Crippen LogP contribution in [0.25, 0.3) is 0 Å². The van der Waals surface area contributed by atoms with Crippen molar-refractivity contribution in [2.75, 3.05) is 6.54 Å². The second-order valence-electron chi connectivity index (χ2n) is 5.26. The molecule has 6 heteroatoms. The van der Waals surface area contributed by atoms with Gasteiger partial charge in [0.1, 0.15) is 0 Å². The maximum absolute atomic E-state index is 11.8. The lowest BCUT2D eigenvalue weighted by Crippen LogP contribution is -2.33. The Bertz CT molecular complexity index is 550. The van der Waals surface area contributed by atoms with Gasteiger partial charge in [0.2, 0.25) is 15.9 Å². The lowest BCUT2D eigenvalue weighted by atomic mass is 9.97. The molecule has 5 nitrogen and oxygen atoms in total. The highest BCUT2D eigenvalue weighted by Gasteiger charge is 2.15. The van der Waals surface area contributed by atoms with Crippen molar-refractivity contribution in [3.05, 3.63) is 29.8 Å². The number of nitrogens with one attached hydrogen (secondary N) is 1. The van der Waals surface area contributed by atoms with Gasteiger partial charge in [0, 0.05) is 12.5 Å². The average molecular weight is 298 g/mol. The number of amides is 1. The second kappa shape index (κ2) is 6.85. The van der Waals surface area contributed by atoms with Crippen LogP contribution in [0, 0.1) is 11.8 Å². The van der Waals surface area contributed by atoms with E-state index in [4.69, 9.17) is 5.14 Å². The summed E-state index contributed by atoms with van der Waals surface area (Å²) in [6.07, 6.45) is 0.654. The summed E-state index contributed by atoms with van der Waals surface area (Å²) in [4.78, 5) is 11.8. The van der Waals surface area contributed by atoms with Gasteiger partial charge < -0.3 is 5.32 Å². The Labute approximate surface area is 120 Å². The zero-order valence-electron chi connectivity index (χ0n) is 12.1. The van der Waals surface area contributed by atoms with E-state index < -0.39 is 10.0 Å². The average Bonchev–Trinajstić information content (AvgIpc) is 2.37. The van der Waals surface area contributed by atoms with E-state index in [2.05, 4.69) is 5.32 Å². The molecule has 0 radical (unpaired) electrons. The van der Waals surface area contributed by atoms with Crippen molar-refractivity contribution in [3.8, 4) is 0 Å². The minimum absolute atomic E-state index is 0.0141. The summed E-state index contributed by atoms with van der Waals surface area (Å²) in [6.45, 7) is 6.46. The first kappa shape index (κ1) is 16.7. The quantitative estimate of drug-likeness (QED) is 0.829. The maximum Gasteiger partial charge on any atom is 0.238 e. The molecule has 0 saturated carbocycles. The molecule has 1 unspecified atom stereocenters.